The molecule has 6 rings (SSSR count). The quantitative estimate of drug-likeness (QED) is 0.432. The highest BCUT2D eigenvalue weighted by Gasteiger charge is 2.43. The summed E-state index contributed by atoms with van der Waals surface area (Å²) in [6.45, 7) is 3.99. The molecular formula is C29H36F3N7O2. The van der Waals surface area contributed by atoms with Crippen LogP contribution >= 0.6 is 0 Å². The van der Waals surface area contributed by atoms with E-state index in [2.05, 4.69) is 16.3 Å². The average molecular weight is 572 g/mol. The number of pyridine rings is 1. The minimum atomic E-state index is -4.62. The van der Waals surface area contributed by atoms with Crippen LogP contribution in [0.15, 0.2) is 29.6 Å². The lowest BCUT2D eigenvalue weighted by Gasteiger charge is -2.42. The fourth-order valence-corrected chi connectivity index (χ4v) is 7.29. The number of ether oxygens (including phenoxy) is 1. The number of nitrogens with zero attached hydrogens (tertiary/aromatic N) is 7. The maximum absolute atomic E-state index is 14.3. The number of imidazole rings is 1. The maximum Gasteiger partial charge on any atom is 0.418 e. The molecule has 2 aliphatic carbocycles. The molecule has 3 aromatic rings. The molecule has 1 saturated heterocycles. The molecule has 5 atom stereocenters. The summed E-state index contributed by atoms with van der Waals surface area (Å²) in [5, 5.41) is 18.5. The summed E-state index contributed by atoms with van der Waals surface area (Å²) in [7, 11) is 1.92. The van der Waals surface area contributed by atoms with Crippen molar-refractivity contribution in [3.8, 4) is 6.07 Å². The molecule has 4 heterocycles. The van der Waals surface area contributed by atoms with E-state index in [1.165, 1.54) is 16.8 Å². The van der Waals surface area contributed by atoms with E-state index in [-0.39, 0.29) is 35.4 Å². The molecule has 1 aliphatic heterocycles. The van der Waals surface area contributed by atoms with E-state index in [1.807, 2.05) is 23.4 Å². The molecule has 12 heteroatoms. The minimum Gasteiger partial charge on any atom is -0.376 e. The van der Waals surface area contributed by atoms with E-state index in [4.69, 9.17) is 4.74 Å². The Morgan fingerprint density at radius 3 is 2.63 bits per heavy atom. The zero-order valence-corrected chi connectivity index (χ0v) is 23.4. The van der Waals surface area contributed by atoms with E-state index in [1.54, 1.807) is 12.5 Å². The Bertz CT molecular complexity index is 1500. The van der Waals surface area contributed by atoms with Gasteiger partial charge < -0.3 is 9.30 Å². The molecule has 0 spiro atoms. The summed E-state index contributed by atoms with van der Waals surface area (Å²) in [5.74, 6) is 1.17. The molecule has 0 N–H and O–H groups in total. The Morgan fingerprint density at radius 2 is 2.00 bits per heavy atom. The molecule has 0 amide bonds. The average Bonchev–Trinajstić information content (AvgIpc) is 3.47. The van der Waals surface area contributed by atoms with Crippen molar-refractivity contribution in [2.45, 2.75) is 76.2 Å². The normalized spacial score (nSPS) is 27.0. The minimum absolute atomic E-state index is 0.00370. The molecule has 3 unspecified atom stereocenters. The second-order valence-corrected chi connectivity index (χ2v) is 12.2. The van der Waals surface area contributed by atoms with Crippen LogP contribution in [0.25, 0.3) is 5.52 Å². The van der Waals surface area contributed by atoms with Crippen molar-refractivity contribution in [1.29, 1.82) is 5.26 Å². The molecule has 0 aromatic carbocycles. The van der Waals surface area contributed by atoms with Gasteiger partial charge in [-0.2, -0.15) is 18.4 Å². The summed E-state index contributed by atoms with van der Waals surface area (Å²) < 4.78 is 53.1. The first-order valence-corrected chi connectivity index (χ1v) is 14.5. The lowest BCUT2D eigenvalue weighted by atomic mass is 9.64. The molecule has 220 valence electrons. The fourth-order valence-electron chi connectivity index (χ4n) is 7.29. The molecule has 0 bridgehead atoms. The van der Waals surface area contributed by atoms with Crippen LogP contribution < -0.4 is 5.69 Å². The Balaban J connectivity index is 1.37. The number of rotatable bonds is 6. The van der Waals surface area contributed by atoms with Crippen molar-refractivity contribution in [2.24, 2.45) is 24.8 Å². The lowest BCUT2D eigenvalue weighted by molar-refractivity contribution is -0.136. The topological polar surface area (TPSA) is 93.4 Å². The third-order valence-corrected chi connectivity index (χ3v) is 9.39. The van der Waals surface area contributed by atoms with Gasteiger partial charge in [-0.05, 0) is 62.5 Å². The van der Waals surface area contributed by atoms with Crippen molar-refractivity contribution < 1.29 is 17.9 Å². The van der Waals surface area contributed by atoms with Gasteiger partial charge >= 0.3 is 11.9 Å². The van der Waals surface area contributed by atoms with Gasteiger partial charge in [-0.15, -0.1) is 10.2 Å². The predicted molar refractivity (Wildman–Crippen MR) is 144 cm³/mol. The number of fused-ring (bicyclic) bond motifs is 1. The van der Waals surface area contributed by atoms with Gasteiger partial charge in [-0.25, -0.2) is 4.79 Å². The zero-order chi connectivity index (χ0) is 28.9. The van der Waals surface area contributed by atoms with Crippen LogP contribution in [0.3, 0.4) is 0 Å². The number of nitriles is 1. The number of morpholine rings is 1. The Labute approximate surface area is 236 Å². The maximum atomic E-state index is 14.3. The van der Waals surface area contributed by atoms with Gasteiger partial charge in [-0.1, -0.05) is 6.42 Å². The highest BCUT2D eigenvalue weighted by atomic mass is 19.4. The second kappa shape index (κ2) is 10.9. The number of hydrogen-bond donors (Lipinski definition) is 0. The third-order valence-electron chi connectivity index (χ3n) is 9.39. The first-order valence-electron chi connectivity index (χ1n) is 14.5. The van der Waals surface area contributed by atoms with Crippen LogP contribution in [0, 0.1) is 29.1 Å². The van der Waals surface area contributed by atoms with Crippen molar-refractivity contribution in [3.05, 3.63) is 52.2 Å². The number of halogens is 3. The summed E-state index contributed by atoms with van der Waals surface area (Å²) in [6.07, 6.45) is 4.96. The van der Waals surface area contributed by atoms with E-state index in [0.29, 0.717) is 57.0 Å². The smallest absolute Gasteiger partial charge is 0.376 e. The van der Waals surface area contributed by atoms with E-state index < -0.39 is 17.4 Å². The molecule has 9 nitrogen and oxygen atoms in total. The SMILES string of the molecule is C[C@@H]1CN(Cc2cc(C(F)(F)F)c3cn(C4CC(C#N)CC([C@@H](c5nncn5C)C5CCC5)C4)c(=O)n3c2)CCO1. The first kappa shape index (κ1) is 28.0. The summed E-state index contributed by atoms with van der Waals surface area (Å²) in [5.41, 5.74) is -1.03. The summed E-state index contributed by atoms with van der Waals surface area (Å²) in [4.78, 5) is 15.8. The number of alkyl halides is 3. The highest BCUT2D eigenvalue weighted by molar-refractivity contribution is 5.56. The van der Waals surface area contributed by atoms with Gasteiger partial charge in [-0.3, -0.25) is 13.9 Å². The molecule has 3 fully saturated rings. The van der Waals surface area contributed by atoms with Crippen LogP contribution in [0.1, 0.15) is 74.4 Å². The first-order chi connectivity index (χ1) is 19.6. The fraction of sp³-hybridized carbons (Fsp3) is 0.655. The van der Waals surface area contributed by atoms with Crippen molar-refractivity contribution in [2.75, 3.05) is 19.7 Å². The Kier molecular flexibility index (Phi) is 7.44. The van der Waals surface area contributed by atoms with E-state index >= 15 is 0 Å². The van der Waals surface area contributed by atoms with Gasteiger partial charge in [0.15, 0.2) is 0 Å². The number of aromatic nitrogens is 5. The molecule has 41 heavy (non-hydrogen) atoms. The molecule has 3 aliphatic rings. The van der Waals surface area contributed by atoms with Crippen LogP contribution in [0.5, 0.6) is 0 Å². The van der Waals surface area contributed by atoms with Crippen molar-refractivity contribution in [1.82, 2.24) is 28.6 Å². The molecule has 2 saturated carbocycles. The second-order valence-electron chi connectivity index (χ2n) is 12.2. The molecular weight excluding hydrogens is 535 g/mol. The molecule has 0 radical (unpaired) electrons. The van der Waals surface area contributed by atoms with Gasteiger partial charge in [0.2, 0.25) is 0 Å². The van der Waals surface area contributed by atoms with Gasteiger partial charge in [0.25, 0.3) is 0 Å². The largest absolute Gasteiger partial charge is 0.418 e. The molecule has 3 aromatic heterocycles. The van der Waals surface area contributed by atoms with Crippen molar-refractivity contribution in [3.63, 3.8) is 0 Å². The Morgan fingerprint density at radius 1 is 1.20 bits per heavy atom. The summed E-state index contributed by atoms with van der Waals surface area (Å²) >= 11 is 0. The number of hydrogen-bond acceptors (Lipinski definition) is 6. The van der Waals surface area contributed by atoms with Gasteiger partial charge in [0.05, 0.1) is 29.9 Å². The highest BCUT2D eigenvalue weighted by Crippen LogP contribution is 2.50. The zero-order valence-electron chi connectivity index (χ0n) is 23.4. The van der Waals surface area contributed by atoms with E-state index in [9.17, 15) is 23.2 Å². The van der Waals surface area contributed by atoms with Gasteiger partial charge in [0.1, 0.15) is 12.2 Å². The van der Waals surface area contributed by atoms with Crippen LogP contribution in [0.2, 0.25) is 0 Å². The standard InChI is InChI=1S/C29H36F3N7O2/c1-18-13-37(6-7-41-18)14-20-10-24(29(30,31)32)25-16-38(28(40)39(25)15-20)23-9-19(12-33)8-22(11-23)26(21-4-3-5-21)27-35-34-17-36(27)2/h10,15-19,21-23,26H,3-9,11,13-14H2,1-2H3/t18-,19?,22?,23?,26+/m1/s1. The third kappa shape index (κ3) is 5.42. The van der Waals surface area contributed by atoms with Crippen LogP contribution in [0.4, 0.5) is 13.2 Å². The van der Waals surface area contributed by atoms with Crippen molar-refractivity contribution >= 4 is 5.52 Å². The summed E-state index contributed by atoms with van der Waals surface area (Å²) in [6, 6.07) is 3.19. The lowest BCUT2D eigenvalue weighted by Crippen LogP contribution is -2.40. The van der Waals surface area contributed by atoms with Crippen LogP contribution in [-0.4, -0.2) is 54.4 Å². The van der Waals surface area contributed by atoms with E-state index in [0.717, 1.165) is 29.5 Å². The predicted octanol–water partition coefficient (Wildman–Crippen LogP) is 4.53. The monoisotopic (exact) mass is 571 g/mol. The van der Waals surface area contributed by atoms with Gasteiger partial charge in [0, 0.05) is 57.0 Å². The van der Waals surface area contributed by atoms with Crippen LogP contribution in [-0.2, 0) is 24.5 Å². The Hall–Kier alpha value is -3.17. The number of aryl methyl sites for hydroxylation is 1.